The van der Waals surface area contributed by atoms with Gasteiger partial charge in [0.05, 0.1) is 10.9 Å². The van der Waals surface area contributed by atoms with Gasteiger partial charge in [-0.2, -0.15) is 0 Å². The van der Waals surface area contributed by atoms with E-state index in [4.69, 9.17) is 0 Å². The second-order valence-corrected chi connectivity index (χ2v) is 15.4. The van der Waals surface area contributed by atoms with Gasteiger partial charge in [-0.15, -0.1) is 0 Å². The second-order valence-electron chi connectivity index (χ2n) is 12.3. The van der Waals surface area contributed by atoms with E-state index in [1.165, 1.54) is 23.6 Å². The number of hydrogen-bond donors (Lipinski definition) is 1. The third kappa shape index (κ3) is 5.16. The van der Waals surface area contributed by atoms with Crippen LogP contribution in [0.3, 0.4) is 0 Å². The maximum absolute atomic E-state index is 15.4. The molecule has 0 bridgehead atoms. The first-order valence-electron chi connectivity index (χ1n) is 13.0. The highest BCUT2D eigenvalue weighted by Gasteiger charge is 2.49. The number of halogens is 1. The maximum Gasteiger partial charge on any atom is 0.208 e. The van der Waals surface area contributed by atoms with Crippen LogP contribution in [0.4, 0.5) is 4.39 Å². The van der Waals surface area contributed by atoms with Crippen molar-refractivity contribution >= 4 is 9.84 Å². The van der Waals surface area contributed by atoms with Crippen molar-refractivity contribution in [1.29, 1.82) is 0 Å². The molecule has 1 unspecified atom stereocenters. The van der Waals surface area contributed by atoms with Crippen LogP contribution in [0.15, 0.2) is 47.1 Å². The molecule has 2 saturated carbocycles. The molecule has 3 nitrogen and oxygen atoms in total. The number of rotatable bonds is 6. The molecular formula is C29H45FO3S. The number of allylic oxidation sites excluding steroid dienone is 6. The Morgan fingerprint density at radius 3 is 2.59 bits per heavy atom. The van der Waals surface area contributed by atoms with Crippen LogP contribution < -0.4 is 0 Å². The highest BCUT2D eigenvalue weighted by atomic mass is 32.2. The van der Waals surface area contributed by atoms with Crippen LogP contribution in [0.5, 0.6) is 0 Å². The molecule has 0 heterocycles. The number of aliphatic hydroxyl groups excluding tert-OH is 1. The van der Waals surface area contributed by atoms with E-state index >= 15 is 4.39 Å². The van der Waals surface area contributed by atoms with Gasteiger partial charge in [0.2, 0.25) is 5.00 Å². The van der Waals surface area contributed by atoms with Crippen molar-refractivity contribution in [1.82, 2.24) is 0 Å². The van der Waals surface area contributed by atoms with Gasteiger partial charge in [-0.05, 0) is 108 Å². The van der Waals surface area contributed by atoms with Crippen LogP contribution in [-0.2, 0) is 9.84 Å². The van der Waals surface area contributed by atoms with Gasteiger partial charge in [0.1, 0.15) is 0 Å². The van der Waals surface area contributed by atoms with E-state index in [0.29, 0.717) is 18.8 Å². The Kier molecular flexibility index (Phi) is 7.80. The summed E-state index contributed by atoms with van der Waals surface area (Å²) >= 11 is 0. The minimum Gasteiger partial charge on any atom is -0.393 e. The van der Waals surface area contributed by atoms with Crippen LogP contribution >= 0.6 is 0 Å². The molecule has 0 saturated heterocycles. The third-order valence-corrected chi connectivity index (χ3v) is 11.7. The van der Waals surface area contributed by atoms with E-state index in [1.54, 1.807) is 20.8 Å². The molecule has 3 aliphatic carbocycles. The Labute approximate surface area is 207 Å². The Hall–Kier alpha value is -1.20. The number of fused-ring (bicyclic) bond motifs is 1. The van der Waals surface area contributed by atoms with E-state index in [9.17, 15) is 13.5 Å². The fourth-order valence-electron chi connectivity index (χ4n) is 6.41. The van der Waals surface area contributed by atoms with Gasteiger partial charge in [0, 0.05) is 0 Å². The summed E-state index contributed by atoms with van der Waals surface area (Å²) in [6.45, 7) is 14.6. The van der Waals surface area contributed by atoms with Gasteiger partial charge in [0.25, 0.3) is 0 Å². The highest BCUT2D eigenvalue weighted by Crippen LogP contribution is 2.57. The standard InChI is InChI=1S/C29H45FO3S/c1-20-10-13-24(31)19-23(20)12-11-22-9-8-17-28(6)25(14-15-26(22)28)21(2)16-18-29(7,30)34(32,33)27(3,4)5/h11-12,14,21,24,26,31H,1,8-10,13,15-19H2,2-7H3/b22-11+,23-12-/t21-,24+,26+,28-,29?/m1/s1. The molecule has 3 rings (SSSR count). The fourth-order valence-corrected chi connectivity index (χ4v) is 8.08. The van der Waals surface area contributed by atoms with Crippen LogP contribution in [0, 0.1) is 17.3 Å². The molecule has 2 fully saturated rings. The molecule has 3 aliphatic rings. The summed E-state index contributed by atoms with van der Waals surface area (Å²) in [5.41, 5.74) is 5.18. The molecule has 0 aliphatic heterocycles. The predicted molar refractivity (Wildman–Crippen MR) is 140 cm³/mol. The molecule has 0 aromatic carbocycles. The van der Waals surface area contributed by atoms with Crippen LogP contribution in [0.1, 0.15) is 99.3 Å². The second kappa shape index (κ2) is 9.69. The Morgan fingerprint density at radius 2 is 1.94 bits per heavy atom. The van der Waals surface area contributed by atoms with Crippen molar-refractivity contribution < 1.29 is 17.9 Å². The Balaban J connectivity index is 1.73. The lowest BCUT2D eigenvalue weighted by Gasteiger charge is -2.43. The van der Waals surface area contributed by atoms with E-state index < -0.39 is 19.6 Å². The zero-order valence-electron chi connectivity index (χ0n) is 22.1. The number of hydrogen-bond acceptors (Lipinski definition) is 3. The summed E-state index contributed by atoms with van der Waals surface area (Å²) < 4.78 is 39.8. The van der Waals surface area contributed by atoms with Gasteiger partial charge in [-0.3, -0.25) is 0 Å². The monoisotopic (exact) mass is 492 g/mol. The summed E-state index contributed by atoms with van der Waals surface area (Å²) in [6.07, 6.45) is 13.7. The molecule has 34 heavy (non-hydrogen) atoms. The minimum absolute atomic E-state index is 0.0189. The van der Waals surface area contributed by atoms with Crippen molar-refractivity contribution in [2.75, 3.05) is 0 Å². The molecular weight excluding hydrogens is 447 g/mol. The van der Waals surface area contributed by atoms with E-state index in [2.05, 4.69) is 38.7 Å². The molecule has 0 radical (unpaired) electrons. The van der Waals surface area contributed by atoms with Gasteiger partial charge in [0.15, 0.2) is 9.84 Å². The highest BCUT2D eigenvalue weighted by molar-refractivity contribution is 7.93. The first kappa shape index (κ1) is 27.4. The lowest BCUT2D eigenvalue weighted by molar-refractivity contribution is 0.158. The molecule has 0 spiro atoms. The summed E-state index contributed by atoms with van der Waals surface area (Å²) in [6, 6.07) is 0. The lowest BCUT2D eigenvalue weighted by Crippen LogP contribution is -2.43. The van der Waals surface area contributed by atoms with Crippen LogP contribution in [0.2, 0.25) is 0 Å². The lowest BCUT2D eigenvalue weighted by atomic mass is 9.62. The quantitative estimate of drug-likeness (QED) is 0.393. The molecule has 1 N–H and O–H groups in total. The largest absolute Gasteiger partial charge is 0.393 e. The van der Waals surface area contributed by atoms with Gasteiger partial charge < -0.3 is 5.11 Å². The summed E-state index contributed by atoms with van der Waals surface area (Å²) in [5.74, 6) is 0.582. The van der Waals surface area contributed by atoms with Crippen LogP contribution in [0.25, 0.3) is 0 Å². The maximum atomic E-state index is 15.4. The zero-order valence-corrected chi connectivity index (χ0v) is 22.9. The normalized spacial score (nSPS) is 33.5. The van der Waals surface area contributed by atoms with E-state index in [1.807, 2.05) is 0 Å². The van der Waals surface area contributed by atoms with Crippen molar-refractivity contribution in [2.45, 2.75) is 115 Å². The fraction of sp³-hybridized carbons (Fsp3) is 0.724. The van der Waals surface area contributed by atoms with Gasteiger partial charge >= 0.3 is 0 Å². The predicted octanol–water partition coefficient (Wildman–Crippen LogP) is 7.39. The first-order valence-corrected chi connectivity index (χ1v) is 14.5. The smallest absolute Gasteiger partial charge is 0.208 e. The summed E-state index contributed by atoms with van der Waals surface area (Å²) in [4.78, 5) is 0. The number of aliphatic hydroxyl groups is 1. The first-order chi connectivity index (χ1) is 15.6. The molecule has 5 atom stereocenters. The molecule has 0 aromatic heterocycles. The average Bonchev–Trinajstić information content (AvgIpc) is 3.09. The van der Waals surface area contributed by atoms with Crippen molar-refractivity contribution in [2.24, 2.45) is 17.3 Å². The Bertz CT molecular complexity index is 993. The SMILES string of the molecule is C=C1CC[C@H](O)C/C1=C/C=C1\CCC[C@]2(C)C([C@H](C)CCC(C)(F)S(=O)(=O)C(C)(C)C)=CC[C@@H]12. The van der Waals surface area contributed by atoms with Crippen molar-refractivity contribution in [3.8, 4) is 0 Å². The van der Waals surface area contributed by atoms with Crippen molar-refractivity contribution in [3.63, 3.8) is 0 Å². The topological polar surface area (TPSA) is 54.4 Å². The third-order valence-electron chi connectivity index (χ3n) is 8.72. The molecule has 192 valence electrons. The van der Waals surface area contributed by atoms with E-state index in [0.717, 1.165) is 44.1 Å². The van der Waals surface area contributed by atoms with Crippen LogP contribution in [-0.4, -0.2) is 29.4 Å². The molecule has 0 amide bonds. The number of sulfone groups is 1. The average molecular weight is 493 g/mol. The molecule has 0 aromatic rings. The zero-order chi connectivity index (χ0) is 25.5. The number of alkyl halides is 1. The summed E-state index contributed by atoms with van der Waals surface area (Å²) in [5, 5.41) is 7.82. The molecule has 5 heteroatoms. The van der Waals surface area contributed by atoms with Gasteiger partial charge in [-0.1, -0.05) is 55.4 Å². The Morgan fingerprint density at radius 1 is 1.26 bits per heavy atom. The van der Waals surface area contributed by atoms with Gasteiger partial charge in [-0.25, -0.2) is 12.8 Å². The van der Waals surface area contributed by atoms with E-state index in [-0.39, 0.29) is 23.9 Å². The summed E-state index contributed by atoms with van der Waals surface area (Å²) in [7, 11) is -3.90. The van der Waals surface area contributed by atoms with Crippen molar-refractivity contribution in [3.05, 3.63) is 47.1 Å². The minimum atomic E-state index is -3.90.